The van der Waals surface area contributed by atoms with Gasteiger partial charge in [0.1, 0.15) is 0 Å². The fraction of sp³-hybridized carbons (Fsp3) is 0.500. The van der Waals surface area contributed by atoms with E-state index in [2.05, 4.69) is 9.71 Å². The molecule has 0 radical (unpaired) electrons. The van der Waals surface area contributed by atoms with Gasteiger partial charge in [0, 0.05) is 17.8 Å². The Morgan fingerprint density at radius 3 is 2.44 bits per heavy atom. The van der Waals surface area contributed by atoms with Gasteiger partial charge >= 0.3 is 0 Å². The predicted molar refractivity (Wildman–Crippen MR) is 61.8 cm³/mol. The zero-order valence-electron chi connectivity index (χ0n) is 9.57. The highest BCUT2D eigenvalue weighted by Crippen LogP contribution is 2.13. The molecule has 1 rings (SSSR count). The lowest BCUT2D eigenvalue weighted by atomic mass is 10.0. The van der Waals surface area contributed by atoms with Crippen molar-refractivity contribution in [2.24, 2.45) is 0 Å². The lowest BCUT2D eigenvalue weighted by molar-refractivity contribution is 0.439. The molecule has 2 N–H and O–H groups in total. The van der Waals surface area contributed by atoms with Crippen LogP contribution in [0.2, 0.25) is 0 Å². The second-order valence-corrected chi connectivity index (χ2v) is 5.91. The summed E-state index contributed by atoms with van der Waals surface area (Å²) < 4.78 is 26.3. The zero-order valence-corrected chi connectivity index (χ0v) is 10.4. The normalized spacial score (nSPS) is 12.7. The predicted octanol–water partition coefficient (Wildman–Crippen LogP) is 0.842. The van der Waals surface area contributed by atoms with Crippen LogP contribution in [0.25, 0.3) is 0 Å². The van der Waals surface area contributed by atoms with Crippen molar-refractivity contribution in [3.05, 3.63) is 28.7 Å². The number of H-pyrrole nitrogens is 1. The van der Waals surface area contributed by atoms with Crippen molar-refractivity contribution in [3.63, 3.8) is 0 Å². The van der Waals surface area contributed by atoms with E-state index in [-0.39, 0.29) is 10.5 Å². The highest BCUT2D eigenvalue weighted by Gasteiger charge is 2.24. The van der Waals surface area contributed by atoms with E-state index >= 15 is 0 Å². The third-order valence-corrected chi connectivity index (χ3v) is 4.06. The summed E-state index contributed by atoms with van der Waals surface area (Å²) in [7, 11) is -3.57. The minimum Gasteiger partial charge on any atom is -0.328 e. The van der Waals surface area contributed by atoms with Crippen LogP contribution in [0.1, 0.15) is 27.2 Å². The molecule has 16 heavy (non-hydrogen) atoms. The number of sulfonamides is 1. The van der Waals surface area contributed by atoms with E-state index in [4.69, 9.17) is 0 Å². The van der Waals surface area contributed by atoms with Crippen LogP contribution < -0.4 is 10.3 Å². The van der Waals surface area contributed by atoms with Gasteiger partial charge in [-0.2, -0.15) is 0 Å². The fourth-order valence-electron chi connectivity index (χ4n) is 1.06. The number of hydrogen-bond donors (Lipinski definition) is 2. The highest BCUT2D eigenvalue weighted by molar-refractivity contribution is 7.89. The van der Waals surface area contributed by atoms with E-state index in [9.17, 15) is 13.2 Å². The summed E-state index contributed by atoms with van der Waals surface area (Å²) >= 11 is 0. The van der Waals surface area contributed by atoms with E-state index < -0.39 is 15.6 Å². The van der Waals surface area contributed by atoms with Gasteiger partial charge in [-0.05, 0) is 26.3 Å². The molecule has 0 aromatic carbocycles. The molecular formula is C10H16N2O3S. The number of nitrogens with one attached hydrogen (secondary N) is 2. The molecule has 0 spiro atoms. The van der Waals surface area contributed by atoms with Gasteiger partial charge in [-0.3, -0.25) is 4.79 Å². The number of aromatic amines is 1. The molecule has 0 atom stereocenters. The second-order valence-electron chi connectivity index (χ2n) is 4.23. The third kappa shape index (κ3) is 3.18. The first kappa shape index (κ1) is 12.9. The molecule has 0 amide bonds. The number of aromatic nitrogens is 1. The van der Waals surface area contributed by atoms with Crippen LogP contribution in [-0.2, 0) is 10.0 Å². The molecule has 0 bridgehead atoms. The molecule has 0 aliphatic rings. The van der Waals surface area contributed by atoms with Crippen molar-refractivity contribution in [2.75, 3.05) is 0 Å². The molecule has 90 valence electrons. The van der Waals surface area contributed by atoms with Gasteiger partial charge in [0.15, 0.2) is 0 Å². The molecule has 1 aromatic heterocycles. The van der Waals surface area contributed by atoms with Crippen LogP contribution in [0, 0.1) is 0 Å². The van der Waals surface area contributed by atoms with Crippen LogP contribution >= 0.6 is 0 Å². The van der Waals surface area contributed by atoms with Crippen LogP contribution in [-0.4, -0.2) is 18.9 Å². The summed E-state index contributed by atoms with van der Waals surface area (Å²) in [4.78, 5) is 13.2. The summed E-state index contributed by atoms with van der Waals surface area (Å²) in [6.45, 7) is 5.50. The Morgan fingerprint density at radius 2 is 2.00 bits per heavy atom. The van der Waals surface area contributed by atoms with Gasteiger partial charge in [-0.15, -0.1) is 0 Å². The van der Waals surface area contributed by atoms with Gasteiger partial charge in [-0.1, -0.05) is 6.92 Å². The average Bonchev–Trinajstić information content (AvgIpc) is 2.17. The van der Waals surface area contributed by atoms with Crippen LogP contribution in [0.15, 0.2) is 28.0 Å². The van der Waals surface area contributed by atoms with Gasteiger partial charge in [0.2, 0.25) is 15.6 Å². The molecule has 6 heteroatoms. The monoisotopic (exact) mass is 244 g/mol. The van der Waals surface area contributed by atoms with Gasteiger partial charge in [0.25, 0.3) is 0 Å². The second kappa shape index (κ2) is 4.39. The summed E-state index contributed by atoms with van der Waals surface area (Å²) in [5, 5.41) is 0. The van der Waals surface area contributed by atoms with Crippen molar-refractivity contribution >= 4 is 10.0 Å². The Labute approximate surface area is 94.9 Å². The molecule has 5 nitrogen and oxygen atoms in total. The summed E-state index contributed by atoms with van der Waals surface area (Å²) in [6.07, 6.45) is 1.87. The van der Waals surface area contributed by atoms with Crippen molar-refractivity contribution in [3.8, 4) is 0 Å². The topological polar surface area (TPSA) is 79.0 Å². The fourth-order valence-corrected chi connectivity index (χ4v) is 2.51. The van der Waals surface area contributed by atoms with Crippen molar-refractivity contribution < 1.29 is 8.42 Å². The molecule has 0 aliphatic heterocycles. The van der Waals surface area contributed by atoms with Crippen LogP contribution in [0.5, 0.6) is 0 Å². The Kier molecular flexibility index (Phi) is 3.54. The van der Waals surface area contributed by atoms with E-state index in [1.54, 1.807) is 13.8 Å². The largest absolute Gasteiger partial charge is 0.328 e. The SMILES string of the molecule is CCC(C)(C)NS(=O)(=O)c1ccc(=O)[nH]c1. The van der Waals surface area contributed by atoms with Crippen LogP contribution in [0.4, 0.5) is 0 Å². The molecule has 1 aromatic rings. The highest BCUT2D eigenvalue weighted by atomic mass is 32.2. The van der Waals surface area contributed by atoms with Gasteiger partial charge in [-0.25, -0.2) is 13.1 Å². The Hall–Kier alpha value is -1.14. The molecular weight excluding hydrogens is 228 g/mol. The van der Waals surface area contributed by atoms with E-state index in [0.717, 1.165) is 0 Å². The summed E-state index contributed by atoms with van der Waals surface area (Å²) in [5.74, 6) is 0. The Bertz CT molecular complexity index is 497. The molecule has 0 fully saturated rings. The number of pyridine rings is 1. The van der Waals surface area contributed by atoms with E-state index in [1.807, 2.05) is 6.92 Å². The lowest BCUT2D eigenvalue weighted by Crippen LogP contribution is -2.42. The molecule has 0 saturated carbocycles. The van der Waals surface area contributed by atoms with Crippen molar-refractivity contribution in [2.45, 2.75) is 37.6 Å². The maximum Gasteiger partial charge on any atom is 0.247 e. The van der Waals surface area contributed by atoms with Crippen molar-refractivity contribution in [1.29, 1.82) is 0 Å². The maximum atomic E-state index is 11.9. The quantitative estimate of drug-likeness (QED) is 0.823. The Morgan fingerprint density at radius 1 is 1.38 bits per heavy atom. The smallest absolute Gasteiger partial charge is 0.247 e. The number of rotatable bonds is 4. The van der Waals surface area contributed by atoms with Gasteiger partial charge in [0.05, 0.1) is 4.90 Å². The molecule has 0 saturated heterocycles. The minimum atomic E-state index is -3.57. The summed E-state index contributed by atoms with van der Waals surface area (Å²) in [5.41, 5.74) is -0.830. The minimum absolute atomic E-state index is 0.0635. The first-order valence-corrected chi connectivity index (χ1v) is 6.48. The lowest BCUT2D eigenvalue weighted by Gasteiger charge is -2.23. The summed E-state index contributed by atoms with van der Waals surface area (Å²) in [6, 6.07) is 2.47. The zero-order chi connectivity index (χ0) is 12.4. The first-order chi connectivity index (χ1) is 7.27. The van der Waals surface area contributed by atoms with Crippen molar-refractivity contribution in [1.82, 2.24) is 9.71 Å². The molecule has 0 unspecified atom stereocenters. The first-order valence-electron chi connectivity index (χ1n) is 4.99. The third-order valence-electron chi connectivity index (χ3n) is 2.36. The van der Waals surface area contributed by atoms with E-state index in [1.165, 1.54) is 18.3 Å². The van der Waals surface area contributed by atoms with E-state index in [0.29, 0.717) is 6.42 Å². The molecule has 0 aliphatic carbocycles. The maximum absolute atomic E-state index is 11.9. The standard InChI is InChI=1S/C10H16N2O3S/c1-4-10(2,3)12-16(14,15)8-5-6-9(13)11-7-8/h5-7,12H,4H2,1-3H3,(H,11,13). The van der Waals surface area contributed by atoms with Gasteiger partial charge < -0.3 is 4.98 Å². The number of hydrogen-bond acceptors (Lipinski definition) is 3. The Balaban J connectivity index is 3.04. The van der Waals surface area contributed by atoms with Crippen LogP contribution in [0.3, 0.4) is 0 Å². The molecule has 1 heterocycles. The average molecular weight is 244 g/mol.